The second kappa shape index (κ2) is 5.21. The van der Waals surface area contributed by atoms with E-state index in [0.29, 0.717) is 12.3 Å². The maximum absolute atomic E-state index is 10.0. The molecule has 0 amide bonds. The maximum atomic E-state index is 10.0. The van der Waals surface area contributed by atoms with Crippen molar-refractivity contribution < 1.29 is 9.53 Å². The van der Waals surface area contributed by atoms with Gasteiger partial charge in [-0.25, -0.2) is 9.78 Å². The van der Waals surface area contributed by atoms with Gasteiger partial charge in [0.2, 0.25) is 6.08 Å². The summed E-state index contributed by atoms with van der Waals surface area (Å²) >= 11 is 1.55. The van der Waals surface area contributed by atoms with Crippen LogP contribution in [0.4, 0.5) is 5.69 Å². The van der Waals surface area contributed by atoms with E-state index in [2.05, 4.69) is 9.98 Å². The third-order valence-electron chi connectivity index (χ3n) is 1.86. The zero-order valence-electron chi connectivity index (χ0n) is 8.29. The number of hydrogen-bond donors (Lipinski definition) is 0. The predicted octanol–water partition coefficient (Wildman–Crippen LogP) is 2.69. The molecule has 5 heteroatoms. The zero-order chi connectivity index (χ0) is 11.2. The molecule has 0 atom stereocenters. The van der Waals surface area contributed by atoms with Crippen LogP contribution < -0.4 is 4.74 Å². The van der Waals surface area contributed by atoms with E-state index in [4.69, 9.17) is 4.74 Å². The number of thiazole rings is 1. The van der Waals surface area contributed by atoms with Crippen molar-refractivity contribution >= 4 is 23.1 Å². The average Bonchev–Trinajstić information content (AvgIpc) is 2.82. The van der Waals surface area contributed by atoms with Gasteiger partial charge in [0.15, 0.2) is 0 Å². The zero-order valence-corrected chi connectivity index (χ0v) is 9.11. The lowest BCUT2D eigenvalue weighted by atomic mass is 10.3. The molecule has 0 fully saturated rings. The molecule has 2 rings (SSSR count). The Bertz CT molecular complexity index is 487. The van der Waals surface area contributed by atoms with Crippen LogP contribution in [0.3, 0.4) is 0 Å². The molecule has 1 aromatic carbocycles. The maximum Gasteiger partial charge on any atom is 0.240 e. The number of hydrogen-bond acceptors (Lipinski definition) is 5. The van der Waals surface area contributed by atoms with Gasteiger partial charge in [-0.15, -0.1) is 11.3 Å². The first-order chi connectivity index (χ1) is 7.88. The molecule has 1 aromatic heterocycles. The Kier molecular flexibility index (Phi) is 3.43. The molecule has 0 aliphatic heterocycles. The summed E-state index contributed by atoms with van der Waals surface area (Å²) < 4.78 is 5.49. The van der Waals surface area contributed by atoms with Crippen molar-refractivity contribution in [1.82, 2.24) is 4.98 Å². The lowest BCUT2D eigenvalue weighted by Crippen LogP contribution is -1.93. The van der Waals surface area contributed by atoms with Gasteiger partial charge in [-0.3, -0.25) is 0 Å². The molecule has 0 bridgehead atoms. The molecule has 0 aliphatic carbocycles. The third-order valence-corrected chi connectivity index (χ3v) is 2.61. The van der Waals surface area contributed by atoms with Crippen molar-refractivity contribution in [2.45, 2.75) is 6.61 Å². The summed E-state index contributed by atoms with van der Waals surface area (Å²) in [6.45, 7) is 0.452. The van der Waals surface area contributed by atoms with E-state index >= 15 is 0 Å². The first-order valence-electron chi connectivity index (χ1n) is 4.57. The second-order valence-electron chi connectivity index (χ2n) is 2.91. The Morgan fingerprint density at radius 3 is 2.81 bits per heavy atom. The van der Waals surface area contributed by atoms with E-state index in [-0.39, 0.29) is 0 Å². The van der Waals surface area contributed by atoms with Crippen molar-refractivity contribution in [3.05, 3.63) is 40.8 Å². The standard InChI is InChI=1S/C11H8N2O2S/c14-8-13-9-1-3-10(4-2-9)15-7-11-12-5-6-16-11/h1-6H,7H2. The molecule has 4 nitrogen and oxygen atoms in total. The number of carbonyl (C=O) groups excluding carboxylic acids is 1. The number of isocyanates is 1. The summed E-state index contributed by atoms with van der Waals surface area (Å²) in [4.78, 5) is 17.6. The van der Waals surface area contributed by atoms with Gasteiger partial charge in [0.1, 0.15) is 17.4 Å². The Hall–Kier alpha value is -1.97. The third kappa shape index (κ3) is 2.76. The largest absolute Gasteiger partial charge is 0.486 e. The van der Waals surface area contributed by atoms with E-state index in [1.165, 1.54) is 6.08 Å². The smallest absolute Gasteiger partial charge is 0.240 e. The molecule has 0 spiro atoms. The quantitative estimate of drug-likeness (QED) is 0.601. The van der Waals surface area contributed by atoms with Crippen LogP contribution in [0.5, 0.6) is 5.75 Å². The average molecular weight is 232 g/mol. The molecule has 0 unspecified atom stereocenters. The molecule has 0 N–H and O–H groups in total. The van der Waals surface area contributed by atoms with Gasteiger partial charge in [0, 0.05) is 11.6 Å². The number of aromatic nitrogens is 1. The molecule has 0 saturated carbocycles. The van der Waals surface area contributed by atoms with E-state index < -0.39 is 0 Å². The molecule has 16 heavy (non-hydrogen) atoms. The highest BCUT2D eigenvalue weighted by atomic mass is 32.1. The normalized spacial score (nSPS) is 9.50. The van der Waals surface area contributed by atoms with Gasteiger partial charge in [-0.1, -0.05) is 0 Å². The van der Waals surface area contributed by atoms with Crippen LogP contribution in [0.1, 0.15) is 5.01 Å². The van der Waals surface area contributed by atoms with Crippen molar-refractivity contribution in [3.63, 3.8) is 0 Å². The first kappa shape index (κ1) is 10.5. The number of ether oxygens (including phenoxy) is 1. The summed E-state index contributed by atoms with van der Waals surface area (Å²) in [7, 11) is 0. The molecule has 1 heterocycles. The summed E-state index contributed by atoms with van der Waals surface area (Å²) in [5, 5.41) is 2.83. The predicted molar refractivity (Wildman–Crippen MR) is 60.7 cm³/mol. The summed E-state index contributed by atoms with van der Waals surface area (Å²) in [6.07, 6.45) is 3.23. The van der Waals surface area contributed by atoms with E-state index in [1.807, 2.05) is 5.38 Å². The van der Waals surface area contributed by atoms with Crippen LogP contribution in [0, 0.1) is 0 Å². The van der Waals surface area contributed by atoms with Gasteiger partial charge in [0.25, 0.3) is 0 Å². The minimum atomic E-state index is 0.452. The van der Waals surface area contributed by atoms with Crippen molar-refractivity contribution in [3.8, 4) is 5.75 Å². The Morgan fingerprint density at radius 2 is 2.19 bits per heavy atom. The fourth-order valence-electron chi connectivity index (χ4n) is 1.14. The van der Waals surface area contributed by atoms with Gasteiger partial charge < -0.3 is 4.74 Å². The highest BCUT2D eigenvalue weighted by Gasteiger charge is 1.97. The van der Waals surface area contributed by atoms with Crippen LogP contribution in [-0.2, 0) is 11.4 Å². The van der Waals surface area contributed by atoms with Crippen LogP contribution in [0.15, 0.2) is 40.8 Å². The fourth-order valence-corrected chi connectivity index (χ4v) is 1.67. The molecule has 0 aliphatic rings. The Labute approximate surface area is 96.2 Å². The summed E-state index contributed by atoms with van der Waals surface area (Å²) in [5.74, 6) is 0.722. The Morgan fingerprint density at radius 1 is 1.38 bits per heavy atom. The number of rotatable bonds is 4. The van der Waals surface area contributed by atoms with Gasteiger partial charge in [0.05, 0.1) is 5.69 Å². The SMILES string of the molecule is O=C=Nc1ccc(OCc2nccs2)cc1. The van der Waals surface area contributed by atoms with Crippen molar-refractivity contribution in [2.75, 3.05) is 0 Å². The fraction of sp³-hybridized carbons (Fsp3) is 0.0909. The first-order valence-corrected chi connectivity index (χ1v) is 5.45. The molecule has 0 radical (unpaired) electrons. The minimum Gasteiger partial charge on any atom is -0.486 e. The van der Waals surface area contributed by atoms with Crippen molar-refractivity contribution in [2.24, 2.45) is 4.99 Å². The minimum absolute atomic E-state index is 0.452. The number of benzene rings is 1. The highest BCUT2D eigenvalue weighted by Crippen LogP contribution is 2.18. The lowest BCUT2D eigenvalue weighted by Gasteiger charge is -2.03. The van der Waals surface area contributed by atoms with Crippen LogP contribution in [0.25, 0.3) is 0 Å². The van der Waals surface area contributed by atoms with Crippen LogP contribution in [-0.4, -0.2) is 11.1 Å². The molecular weight excluding hydrogens is 224 g/mol. The molecule has 2 aromatic rings. The van der Waals surface area contributed by atoms with E-state index in [1.54, 1.807) is 41.8 Å². The Balaban J connectivity index is 1.97. The monoisotopic (exact) mass is 232 g/mol. The van der Waals surface area contributed by atoms with Gasteiger partial charge in [-0.2, -0.15) is 4.99 Å². The van der Waals surface area contributed by atoms with E-state index in [0.717, 1.165) is 10.8 Å². The molecule has 0 saturated heterocycles. The second-order valence-corrected chi connectivity index (χ2v) is 3.89. The van der Waals surface area contributed by atoms with Crippen molar-refractivity contribution in [1.29, 1.82) is 0 Å². The number of aliphatic imine (C=N–C) groups is 1. The molecule has 80 valence electrons. The summed E-state index contributed by atoms with van der Waals surface area (Å²) in [6, 6.07) is 6.90. The van der Waals surface area contributed by atoms with Gasteiger partial charge >= 0.3 is 0 Å². The van der Waals surface area contributed by atoms with Crippen LogP contribution in [0.2, 0.25) is 0 Å². The van der Waals surface area contributed by atoms with Gasteiger partial charge in [-0.05, 0) is 24.3 Å². The van der Waals surface area contributed by atoms with Crippen LogP contribution >= 0.6 is 11.3 Å². The summed E-state index contributed by atoms with van der Waals surface area (Å²) in [5.41, 5.74) is 0.566. The number of nitrogens with zero attached hydrogens (tertiary/aromatic N) is 2. The highest BCUT2D eigenvalue weighted by molar-refractivity contribution is 7.09. The lowest BCUT2D eigenvalue weighted by molar-refractivity contribution is 0.305. The molecular formula is C11H8N2O2S. The topological polar surface area (TPSA) is 51.5 Å². The van der Waals surface area contributed by atoms with E-state index in [9.17, 15) is 4.79 Å².